The van der Waals surface area contributed by atoms with E-state index in [1.807, 2.05) is 30.3 Å². The lowest BCUT2D eigenvalue weighted by Crippen LogP contribution is -2.03. The maximum Gasteiger partial charge on any atom is 0.387 e. The fourth-order valence-electron chi connectivity index (χ4n) is 3.35. The van der Waals surface area contributed by atoms with Gasteiger partial charge < -0.3 is 4.74 Å². The lowest BCUT2D eigenvalue weighted by atomic mass is 10.1. The Hall–Kier alpha value is -3.94. The zero-order valence-electron chi connectivity index (χ0n) is 15.6. The zero-order valence-corrected chi connectivity index (χ0v) is 15.6. The summed E-state index contributed by atoms with van der Waals surface area (Å²) in [6.07, 6.45) is 1.76. The molecule has 5 rings (SSSR count). The van der Waals surface area contributed by atoms with Gasteiger partial charge >= 0.3 is 6.61 Å². The first-order valence-electron chi connectivity index (χ1n) is 9.25. The Morgan fingerprint density at radius 1 is 0.933 bits per heavy atom. The van der Waals surface area contributed by atoms with Gasteiger partial charge in [-0.05, 0) is 48.0 Å². The minimum Gasteiger partial charge on any atom is -0.435 e. The van der Waals surface area contributed by atoms with Crippen LogP contribution in [0.5, 0.6) is 5.75 Å². The second-order valence-electron chi connectivity index (χ2n) is 6.72. The second-order valence-corrected chi connectivity index (χ2v) is 6.72. The van der Waals surface area contributed by atoms with E-state index < -0.39 is 6.61 Å². The number of rotatable bonds is 5. The van der Waals surface area contributed by atoms with Gasteiger partial charge in [-0.2, -0.15) is 8.78 Å². The molecule has 8 heteroatoms. The number of hydrogen-bond acceptors (Lipinski definition) is 5. The quantitative estimate of drug-likeness (QED) is 0.426. The third kappa shape index (κ3) is 3.55. The molecule has 0 radical (unpaired) electrons. The Morgan fingerprint density at radius 2 is 1.83 bits per heavy atom. The average Bonchev–Trinajstić information content (AvgIpc) is 3.15. The zero-order chi connectivity index (χ0) is 20.5. The molecular formula is C22H15F2N5O. The number of ether oxygens (including phenoxy) is 1. The van der Waals surface area contributed by atoms with Gasteiger partial charge in [0.1, 0.15) is 11.3 Å². The van der Waals surface area contributed by atoms with Crippen LogP contribution in [-0.2, 0) is 6.54 Å². The fraction of sp³-hybridized carbons (Fsp3) is 0.0909. The number of pyridine rings is 2. The number of alkyl halides is 2. The van der Waals surface area contributed by atoms with Gasteiger partial charge in [0.05, 0.1) is 17.8 Å². The third-order valence-electron chi connectivity index (χ3n) is 4.71. The van der Waals surface area contributed by atoms with Crippen LogP contribution >= 0.6 is 0 Å². The van der Waals surface area contributed by atoms with Crippen molar-refractivity contribution in [3.8, 4) is 17.0 Å². The fourth-order valence-corrected chi connectivity index (χ4v) is 3.35. The maximum atomic E-state index is 12.5. The van der Waals surface area contributed by atoms with Crippen molar-refractivity contribution in [2.24, 2.45) is 0 Å². The monoisotopic (exact) mass is 403 g/mol. The number of fused-ring (bicyclic) bond motifs is 2. The summed E-state index contributed by atoms with van der Waals surface area (Å²) in [5, 5.41) is 9.46. The Morgan fingerprint density at radius 3 is 2.73 bits per heavy atom. The number of benzene rings is 2. The van der Waals surface area contributed by atoms with E-state index in [9.17, 15) is 8.78 Å². The Balaban J connectivity index is 1.50. The van der Waals surface area contributed by atoms with Crippen molar-refractivity contribution in [3.63, 3.8) is 0 Å². The molecular weight excluding hydrogens is 388 g/mol. The molecule has 0 bridgehead atoms. The summed E-state index contributed by atoms with van der Waals surface area (Å²) in [5.74, 6) is 0.0841. The highest BCUT2D eigenvalue weighted by Gasteiger charge is 2.11. The third-order valence-corrected chi connectivity index (χ3v) is 4.71. The van der Waals surface area contributed by atoms with E-state index in [1.54, 1.807) is 29.1 Å². The molecule has 0 N–H and O–H groups in total. The van der Waals surface area contributed by atoms with Crippen molar-refractivity contribution in [2.45, 2.75) is 13.2 Å². The summed E-state index contributed by atoms with van der Waals surface area (Å²) < 4.78 is 31.2. The summed E-state index contributed by atoms with van der Waals surface area (Å²) >= 11 is 0. The molecule has 3 heterocycles. The SMILES string of the molecule is FC(F)Oc1cccc(-c2ccc3nnn(Cc4ccc5ncccc5c4)c3n2)c1. The predicted octanol–water partition coefficient (Wildman–Crippen LogP) is 4.69. The molecule has 3 aromatic heterocycles. The van der Waals surface area contributed by atoms with Crippen LogP contribution in [0.2, 0.25) is 0 Å². The second kappa shape index (κ2) is 7.47. The number of hydrogen-bond donors (Lipinski definition) is 0. The molecule has 0 amide bonds. The standard InChI is InChI=1S/C22H15F2N5O/c23-22(24)30-17-5-1-3-16(12-17)19-8-9-20-21(26-19)29(28-27-20)13-14-6-7-18-15(11-14)4-2-10-25-18/h1-12,22H,13H2. The summed E-state index contributed by atoms with van der Waals surface area (Å²) in [5.41, 5.74) is 4.52. The lowest BCUT2D eigenvalue weighted by molar-refractivity contribution is -0.0498. The molecule has 0 fully saturated rings. The van der Waals surface area contributed by atoms with Crippen molar-refractivity contribution in [2.75, 3.05) is 0 Å². The van der Waals surface area contributed by atoms with Gasteiger partial charge in [-0.25, -0.2) is 9.67 Å². The van der Waals surface area contributed by atoms with Gasteiger partial charge in [0, 0.05) is 17.1 Å². The van der Waals surface area contributed by atoms with Crippen LogP contribution in [0.1, 0.15) is 5.56 Å². The Labute approximate surface area is 169 Å². The molecule has 0 saturated carbocycles. The summed E-state index contributed by atoms with van der Waals surface area (Å²) in [6, 6.07) is 20.0. The van der Waals surface area contributed by atoms with Crippen molar-refractivity contribution in [1.82, 2.24) is 25.0 Å². The van der Waals surface area contributed by atoms with E-state index in [1.165, 1.54) is 12.1 Å². The normalized spacial score (nSPS) is 11.4. The highest BCUT2D eigenvalue weighted by molar-refractivity contribution is 5.79. The van der Waals surface area contributed by atoms with Crippen molar-refractivity contribution in [1.29, 1.82) is 0 Å². The maximum absolute atomic E-state index is 12.5. The topological polar surface area (TPSA) is 65.7 Å². The van der Waals surface area contributed by atoms with Crippen LogP contribution in [0, 0.1) is 0 Å². The molecule has 0 aliphatic carbocycles. The van der Waals surface area contributed by atoms with Crippen LogP contribution in [0.15, 0.2) is 72.9 Å². The first-order chi connectivity index (χ1) is 14.7. The molecule has 0 unspecified atom stereocenters. The van der Waals surface area contributed by atoms with Gasteiger partial charge in [-0.3, -0.25) is 4.98 Å². The molecule has 6 nitrogen and oxygen atoms in total. The van der Waals surface area contributed by atoms with Crippen LogP contribution in [0.3, 0.4) is 0 Å². The average molecular weight is 403 g/mol. The molecule has 0 atom stereocenters. The molecule has 30 heavy (non-hydrogen) atoms. The first-order valence-corrected chi connectivity index (χ1v) is 9.25. The van der Waals surface area contributed by atoms with Crippen molar-refractivity contribution < 1.29 is 13.5 Å². The molecule has 0 saturated heterocycles. The van der Waals surface area contributed by atoms with Crippen LogP contribution in [0.4, 0.5) is 8.78 Å². The molecule has 148 valence electrons. The smallest absolute Gasteiger partial charge is 0.387 e. The number of halogens is 2. The van der Waals surface area contributed by atoms with Gasteiger partial charge in [0.2, 0.25) is 0 Å². The Kier molecular flexibility index (Phi) is 4.51. The van der Waals surface area contributed by atoms with Gasteiger partial charge in [0.15, 0.2) is 5.65 Å². The molecule has 2 aromatic carbocycles. The highest BCUT2D eigenvalue weighted by atomic mass is 19.3. The van der Waals surface area contributed by atoms with Gasteiger partial charge in [0.25, 0.3) is 0 Å². The van der Waals surface area contributed by atoms with E-state index >= 15 is 0 Å². The van der Waals surface area contributed by atoms with Gasteiger partial charge in [-0.1, -0.05) is 29.5 Å². The first kappa shape index (κ1) is 18.1. The highest BCUT2D eigenvalue weighted by Crippen LogP contribution is 2.25. The van der Waals surface area contributed by atoms with E-state index in [-0.39, 0.29) is 5.75 Å². The number of aromatic nitrogens is 5. The summed E-state index contributed by atoms with van der Waals surface area (Å²) in [6.45, 7) is -2.38. The van der Waals surface area contributed by atoms with E-state index in [0.29, 0.717) is 29.0 Å². The summed E-state index contributed by atoms with van der Waals surface area (Å²) in [4.78, 5) is 9.00. The predicted molar refractivity (Wildman–Crippen MR) is 108 cm³/mol. The van der Waals surface area contributed by atoms with Crippen molar-refractivity contribution >= 4 is 22.1 Å². The lowest BCUT2D eigenvalue weighted by Gasteiger charge is -2.07. The van der Waals surface area contributed by atoms with E-state index in [4.69, 9.17) is 0 Å². The Bertz CT molecular complexity index is 1350. The molecule has 0 spiro atoms. The number of nitrogens with zero attached hydrogens (tertiary/aromatic N) is 5. The van der Waals surface area contributed by atoms with Crippen LogP contribution in [-0.4, -0.2) is 31.6 Å². The van der Waals surface area contributed by atoms with Crippen molar-refractivity contribution in [3.05, 3.63) is 78.5 Å². The van der Waals surface area contributed by atoms with E-state index in [2.05, 4.69) is 31.1 Å². The largest absolute Gasteiger partial charge is 0.435 e. The molecule has 5 aromatic rings. The summed E-state index contributed by atoms with van der Waals surface area (Å²) in [7, 11) is 0. The molecule has 0 aliphatic rings. The molecule has 0 aliphatic heterocycles. The van der Waals surface area contributed by atoms with Crippen LogP contribution < -0.4 is 4.74 Å². The minimum atomic E-state index is -2.88. The van der Waals surface area contributed by atoms with Gasteiger partial charge in [-0.15, -0.1) is 5.10 Å². The van der Waals surface area contributed by atoms with E-state index in [0.717, 1.165) is 16.5 Å². The van der Waals surface area contributed by atoms with Crippen LogP contribution in [0.25, 0.3) is 33.3 Å². The minimum absolute atomic E-state index is 0.0841.